The summed E-state index contributed by atoms with van der Waals surface area (Å²) in [5.41, 5.74) is 1.42. The molecule has 4 heteroatoms. The van der Waals surface area contributed by atoms with Crippen molar-refractivity contribution in [2.75, 3.05) is 6.54 Å². The first-order chi connectivity index (χ1) is 7.91. The molecule has 1 aromatic rings. The number of hydrogen-bond acceptors (Lipinski definition) is 2. The predicted octanol–water partition coefficient (Wildman–Crippen LogP) is 2.40. The van der Waals surface area contributed by atoms with E-state index in [1.54, 1.807) is 18.2 Å². The van der Waals surface area contributed by atoms with E-state index in [2.05, 4.69) is 5.32 Å². The topological polar surface area (TPSA) is 49.3 Å². The highest BCUT2D eigenvalue weighted by molar-refractivity contribution is 6.31. The van der Waals surface area contributed by atoms with E-state index in [1.165, 1.54) is 0 Å². The molecular weight excluding hydrogens is 238 g/mol. The maximum atomic E-state index is 11.8. The largest absolute Gasteiger partial charge is 0.391 e. The molecule has 0 heterocycles. The van der Waals surface area contributed by atoms with Crippen molar-refractivity contribution in [2.24, 2.45) is 5.92 Å². The molecule has 0 saturated carbocycles. The molecule has 17 heavy (non-hydrogen) atoms. The van der Waals surface area contributed by atoms with Gasteiger partial charge in [0.05, 0.1) is 6.10 Å². The van der Waals surface area contributed by atoms with Crippen LogP contribution in [0.1, 0.15) is 29.8 Å². The van der Waals surface area contributed by atoms with Crippen LogP contribution in [0.25, 0.3) is 0 Å². The Kier molecular flexibility index (Phi) is 4.97. The van der Waals surface area contributed by atoms with Crippen LogP contribution in [0.4, 0.5) is 0 Å². The molecule has 1 aromatic carbocycles. The minimum atomic E-state index is -0.521. The number of aliphatic hydroxyl groups excluding tert-OH is 1. The van der Waals surface area contributed by atoms with Crippen LogP contribution in [0, 0.1) is 12.8 Å². The summed E-state index contributed by atoms with van der Waals surface area (Å²) in [6.07, 6.45) is -0.521. The van der Waals surface area contributed by atoms with Crippen molar-refractivity contribution in [2.45, 2.75) is 26.9 Å². The predicted molar refractivity (Wildman–Crippen MR) is 69.4 cm³/mol. The number of aliphatic hydroxyl groups is 1. The molecule has 0 bridgehead atoms. The summed E-state index contributed by atoms with van der Waals surface area (Å²) < 4.78 is 0. The van der Waals surface area contributed by atoms with Gasteiger partial charge in [0.1, 0.15) is 0 Å². The van der Waals surface area contributed by atoms with Crippen LogP contribution < -0.4 is 5.32 Å². The van der Waals surface area contributed by atoms with Crippen LogP contribution in [-0.4, -0.2) is 23.7 Å². The summed E-state index contributed by atoms with van der Waals surface area (Å²) in [6.45, 7) is 5.92. The molecule has 1 unspecified atom stereocenters. The average molecular weight is 256 g/mol. The van der Waals surface area contributed by atoms with Gasteiger partial charge in [-0.05, 0) is 36.6 Å². The van der Waals surface area contributed by atoms with Gasteiger partial charge < -0.3 is 10.4 Å². The monoisotopic (exact) mass is 255 g/mol. The number of nitrogens with one attached hydrogen (secondary N) is 1. The minimum Gasteiger partial charge on any atom is -0.391 e. The van der Waals surface area contributed by atoms with Crippen LogP contribution >= 0.6 is 11.6 Å². The van der Waals surface area contributed by atoms with Crippen LogP contribution in [-0.2, 0) is 0 Å². The molecule has 0 aliphatic rings. The van der Waals surface area contributed by atoms with Gasteiger partial charge in [0.15, 0.2) is 0 Å². The molecular formula is C13H18ClNO2. The fourth-order valence-corrected chi connectivity index (χ4v) is 1.44. The Labute approximate surface area is 107 Å². The second kappa shape index (κ2) is 6.03. The third kappa shape index (κ3) is 4.02. The van der Waals surface area contributed by atoms with E-state index in [1.807, 2.05) is 20.8 Å². The number of rotatable bonds is 4. The number of hydrogen-bond donors (Lipinski definition) is 2. The molecule has 0 aliphatic heterocycles. The quantitative estimate of drug-likeness (QED) is 0.868. The van der Waals surface area contributed by atoms with Crippen molar-refractivity contribution >= 4 is 17.5 Å². The van der Waals surface area contributed by atoms with Crippen molar-refractivity contribution in [1.29, 1.82) is 0 Å². The molecule has 2 N–H and O–H groups in total. The van der Waals surface area contributed by atoms with Gasteiger partial charge in [0, 0.05) is 17.1 Å². The van der Waals surface area contributed by atoms with Gasteiger partial charge in [-0.1, -0.05) is 25.4 Å². The molecule has 3 nitrogen and oxygen atoms in total. The molecule has 0 aliphatic carbocycles. The van der Waals surface area contributed by atoms with E-state index in [0.29, 0.717) is 10.6 Å². The average Bonchev–Trinajstić information content (AvgIpc) is 2.28. The van der Waals surface area contributed by atoms with E-state index >= 15 is 0 Å². The Balaban J connectivity index is 2.61. The van der Waals surface area contributed by atoms with Crippen molar-refractivity contribution in [1.82, 2.24) is 5.32 Å². The molecule has 0 aromatic heterocycles. The molecule has 0 spiro atoms. The second-order valence-electron chi connectivity index (χ2n) is 4.49. The molecule has 0 saturated heterocycles. The third-order valence-corrected chi connectivity index (χ3v) is 3.09. The smallest absolute Gasteiger partial charge is 0.251 e. The Morgan fingerprint density at radius 2 is 2.12 bits per heavy atom. The molecule has 1 amide bonds. The minimum absolute atomic E-state index is 0.127. The normalized spacial score (nSPS) is 12.6. The van der Waals surface area contributed by atoms with Gasteiger partial charge >= 0.3 is 0 Å². The van der Waals surface area contributed by atoms with E-state index in [0.717, 1.165) is 5.56 Å². The first kappa shape index (κ1) is 14.0. The summed E-state index contributed by atoms with van der Waals surface area (Å²) >= 11 is 5.88. The van der Waals surface area contributed by atoms with Gasteiger partial charge in [-0.25, -0.2) is 0 Å². The van der Waals surface area contributed by atoms with E-state index in [4.69, 9.17) is 11.6 Å². The Hall–Kier alpha value is -1.06. The number of halogens is 1. The summed E-state index contributed by atoms with van der Waals surface area (Å²) in [5, 5.41) is 12.9. The fraction of sp³-hybridized carbons (Fsp3) is 0.462. The Morgan fingerprint density at radius 1 is 1.47 bits per heavy atom. The zero-order valence-corrected chi connectivity index (χ0v) is 11.1. The van der Waals surface area contributed by atoms with Crippen molar-refractivity contribution in [3.63, 3.8) is 0 Å². The van der Waals surface area contributed by atoms with Gasteiger partial charge in [-0.15, -0.1) is 0 Å². The number of amides is 1. The molecule has 1 rings (SSSR count). The van der Waals surface area contributed by atoms with Gasteiger partial charge in [0.25, 0.3) is 5.91 Å². The van der Waals surface area contributed by atoms with Gasteiger partial charge in [0.2, 0.25) is 0 Å². The molecule has 0 radical (unpaired) electrons. The lowest BCUT2D eigenvalue weighted by Crippen LogP contribution is -2.34. The lowest BCUT2D eigenvalue weighted by molar-refractivity contribution is 0.0871. The highest BCUT2D eigenvalue weighted by Crippen LogP contribution is 2.16. The summed E-state index contributed by atoms with van der Waals surface area (Å²) in [6, 6.07) is 5.11. The van der Waals surface area contributed by atoms with Crippen LogP contribution in [0.15, 0.2) is 18.2 Å². The molecule has 0 fully saturated rings. The lowest BCUT2D eigenvalue weighted by atomic mass is 10.1. The number of carbonyl (C=O) groups excluding carboxylic acids is 1. The maximum Gasteiger partial charge on any atom is 0.251 e. The molecule has 1 atom stereocenters. The van der Waals surface area contributed by atoms with E-state index in [-0.39, 0.29) is 18.4 Å². The zero-order valence-electron chi connectivity index (χ0n) is 10.3. The SMILES string of the molecule is Cc1cc(C(=O)NCC(O)C(C)C)ccc1Cl. The van der Waals surface area contributed by atoms with Crippen LogP contribution in [0.3, 0.4) is 0 Å². The maximum absolute atomic E-state index is 11.8. The van der Waals surface area contributed by atoms with Crippen molar-refractivity contribution in [3.05, 3.63) is 34.3 Å². The first-order valence-electron chi connectivity index (χ1n) is 5.64. The standard InChI is InChI=1S/C13H18ClNO2/c1-8(2)12(16)7-15-13(17)10-4-5-11(14)9(3)6-10/h4-6,8,12,16H,7H2,1-3H3,(H,15,17). The van der Waals surface area contributed by atoms with Gasteiger partial charge in [-0.3, -0.25) is 4.79 Å². The highest BCUT2D eigenvalue weighted by atomic mass is 35.5. The summed E-state index contributed by atoms with van der Waals surface area (Å²) in [4.78, 5) is 11.8. The van der Waals surface area contributed by atoms with Gasteiger partial charge in [-0.2, -0.15) is 0 Å². The first-order valence-corrected chi connectivity index (χ1v) is 6.02. The Morgan fingerprint density at radius 3 is 2.65 bits per heavy atom. The molecule has 94 valence electrons. The Bertz CT molecular complexity index is 404. The van der Waals surface area contributed by atoms with Crippen molar-refractivity contribution in [3.8, 4) is 0 Å². The summed E-state index contributed by atoms with van der Waals surface area (Å²) in [7, 11) is 0. The zero-order chi connectivity index (χ0) is 13.0. The van der Waals surface area contributed by atoms with Crippen LogP contribution in [0.2, 0.25) is 5.02 Å². The number of benzene rings is 1. The fourth-order valence-electron chi connectivity index (χ4n) is 1.32. The lowest BCUT2D eigenvalue weighted by Gasteiger charge is -2.15. The van der Waals surface area contributed by atoms with E-state index < -0.39 is 6.10 Å². The second-order valence-corrected chi connectivity index (χ2v) is 4.89. The third-order valence-electron chi connectivity index (χ3n) is 2.66. The summed E-state index contributed by atoms with van der Waals surface area (Å²) in [5.74, 6) is -0.0632. The number of carbonyl (C=O) groups is 1. The number of aryl methyl sites for hydroxylation is 1. The van der Waals surface area contributed by atoms with Crippen LogP contribution in [0.5, 0.6) is 0 Å². The highest BCUT2D eigenvalue weighted by Gasteiger charge is 2.12. The van der Waals surface area contributed by atoms with Crippen molar-refractivity contribution < 1.29 is 9.90 Å². The van der Waals surface area contributed by atoms with E-state index in [9.17, 15) is 9.90 Å².